The minimum atomic E-state index is -4.70. The van der Waals surface area contributed by atoms with Gasteiger partial charge in [0.25, 0.3) is 0 Å². The van der Waals surface area contributed by atoms with Crippen molar-refractivity contribution in [3.05, 3.63) is 35.1 Å². The van der Waals surface area contributed by atoms with Crippen molar-refractivity contribution in [3.8, 4) is 0 Å². The average Bonchev–Trinajstić information content (AvgIpc) is 2.38. The molecule has 0 spiro atoms. The molecule has 2 nitrogen and oxygen atoms in total. The Balaban J connectivity index is 0.00000200. The van der Waals surface area contributed by atoms with Gasteiger partial charge in [-0.1, -0.05) is 12.1 Å². The maximum Gasteiger partial charge on any atom is 0.419 e. The lowest BCUT2D eigenvalue weighted by Gasteiger charge is -2.28. The van der Waals surface area contributed by atoms with E-state index in [1.54, 1.807) is 0 Å². The van der Waals surface area contributed by atoms with Crippen molar-refractivity contribution in [2.45, 2.75) is 25.1 Å². The zero-order valence-electron chi connectivity index (χ0n) is 10.6. The van der Waals surface area contributed by atoms with E-state index in [-0.39, 0.29) is 23.9 Å². The Bertz CT molecular complexity index is 446. The van der Waals surface area contributed by atoms with Gasteiger partial charge in [-0.2, -0.15) is 13.2 Å². The van der Waals surface area contributed by atoms with Gasteiger partial charge >= 0.3 is 6.18 Å². The van der Waals surface area contributed by atoms with Gasteiger partial charge in [-0.3, -0.25) is 0 Å². The Morgan fingerprint density at radius 3 is 2.35 bits per heavy atom. The molecule has 1 aliphatic rings. The van der Waals surface area contributed by atoms with Gasteiger partial charge in [-0.25, -0.2) is 4.39 Å². The fourth-order valence-corrected chi connectivity index (χ4v) is 2.36. The third kappa shape index (κ3) is 3.62. The minimum absolute atomic E-state index is 0. The van der Waals surface area contributed by atoms with Gasteiger partial charge in [-0.05, 0) is 24.8 Å². The molecule has 0 aromatic heterocycles. The zero-order valence-corrected chi connectivity index (χ0v) is 11.4. The highest BCUT2D eigenvalue weighted by molar-refractivity contribution is 5.85. The van der Waals surface area contributed by atoms with Crippen LogP contribution in [0.15, 0.2) is 18.2 Å². The highest BCUT2D eigenvalue weighted by atomic mass is 35.5. The normalized spacial score (nSPS) is 18.4. The van der Waals surface area contributed by atoms with Gasteiger partial charge in [0.15, 0.2) is 0 Å². The molecule has 2 rings (SSSR count). The SMILES string of the molecule is Cl.N[C@@H](c1cccc(C(F)(F)F)c1F)C1CCOCC1. The summed E-state index contributed by atoms with van der Waals surface area (Å²) in [5, 5.41) is 0. The lowest BCUT2D eigenvalue weighted by atomic mass is 9.87. The summed E-state index contributed by atoms with van der Waals surface area (Å²) >= 11 is 0. The van der Waals surface area contributed by atoms with Gasteiger partial charge in [0, 0.05) is 24.8 Å². The second-order valence-electron chi connectivity index (χ2n) is 4.68. The van der Waals surface area contributed by atoms with Crippen LogP contribution in [0.3, 0.4) is 0 Å². The molecule has 114 valence electrons. The number of nitrogens with two attached hydrogens (primary N) is 1. The number of alkyl halides is 3. The summed E-state index contributed by atoms with van der Waals surface area (Å²) in [6.45, 7) is 1.03. The van der Waals surface area contributed by atoms with Gasteiger partial charge in [-0.15, -0.1) is 12.4 Å². The van der Waals surface area contributed by atoms with E-state index in [0.29, 0.717) is 26.1 Å². The Kier molecular flexibility index (Phi) is 5.79. The molecule has 1 heterocycles. The van der Waals surface area contributed by atoms with E-state index in [1.807, 2.05) is 0 Å². The summed E-state index contributed by atoms with van der Waals surface area (Å²) < 4.78 is 57.0. The maximum atomic E-state index is 13.9. The van der Waals surface area contributed by atoms with Crippen LogP contribution in [0.5, 0.6) is 0 Å². The summed E-state index contributed by atoms with van der Waals surface area (Å²) in [6.07, 6.45) is -3.43. The Morgan fingerprint density at radius 1 is 1.20 bits per heavy atom. The third-order valence-electron chi connectivity index (χ3n) is 3.47. The number of hydrogen-bond donors (Lipinski definition) is 1. The molecule has 20 heavy (non-hydrogen) atoms. The first-order valence-corrected chi connectivity index (χ1v) is 6.10. The van der Waals surface area contributed by atoms with Crippen LogP contribution < -0.4 is 5.73 Å². The lowest BCUT2D eigenvalue weighted by Crippen LogP contribution is -2.28. The Hall–Kier alpha value is -0.850. The Labute approximate surface area is 120 Å². The van der Waals surface area contributed by atoms with E-state index in [2.05, 4.69) is 0 Å². The summed E-state index contributed by atoms with van der Waals surface area (Å²) in [4.78, 5) is 0. The van der Waals surface area contributed by atoms with Crippen molar-refractivity contribution in [1.29, 1.82) is 0 Å². The standard InChI is InChI=1S/C13H15F4NO.ClH/c14-11-9(2-1-3-10(11)13(15,16)17)12(18)8-4-6-19-7-5-8;/h1-3,8,12H,4-7,18H2;1H/t12-;/m1./s1. The molecule has 1 saturated heterocycles. The zero-order chi connectivity index (χ0) is 14.0. The highest BCUT2D eigenvalue weighted by Crippen LogP contribution is 2.36. The monoisotopic (exact) mass is 313 g/mol. The molecular weight excluding hydrogens is 298 g/mol. The van der Waals surface area contributed by atoms with E-state index in [4.69, 9.17) is 10.5 Å². The topological polar surface area (TPSA) is 35.2 Å². The number of rotatable bonds is 2. The first kappa shape index (κ1) is 17.2. The predicted octanol–water partition coefficient (Wildman–Crippen LogP) is 3.69. The van der Waals surface area contributed by atoms with Crippen LogP contribution in [0.1, 0.15) is 30.0 Å². The molecule has 0 aliphatic carbocycles. The minimum Gasteiger partial charge on any atom is -0.381 e. The first-order valence-electron chi connectivity index (χ1n) is 6.10. The van der Waals surface area contributed by atoms with Crippen LogP contribution in [-0.2, 0) is 10.9 Å². The second kappa shape index (κ2) is 6.74. The molecule has 0 radical (unpaired) electrons. The van der Waals surface area contributed by atoms with Crippen LogP contribution in [0.25, 0.3) is 0 Å². The van der Waals surface area contributed by atoms with Crippen LogP contribution in [0.2, 0.25) is 0 Å². The highest BCUT2D eigenvalue weighted by Gasteiger charge is 2.36. The average molecular weight is 314 g/mol. The summed E-state index contributed by atoms with van der Waals surface area (Å²) in [5.74, 6) is -1.30. The van der Waals surface area contributed by atoms with E-state index in [0.717, 1.165) is 6.07 Å². The fourth-order valence-electron chi connectivity index (χ4n) is 2.36. The molecule has 0 amide bonds. The smallest absolute Gasteiger partial charge is 0.381 e. The molecule has 0 bridgehead atoms. The van der Waals surface area contributed by atoms with Crippen LogP contribution >= 0.6 is 12.4 Å². The van der Waals surface area contributed by atoms with Crippen LogP contribution in [0.4, 0.5) is 17.6 Å². The molecule has 1 atom stereocenters. The third-order valence-corrected chi connectivity index (χ3v) is 3.47. The van der Waals surface area contributed by atoms with E-state index in [1.165, 1.54) is 12.1 Å². The van der Waals surface area contributed by atoms with E-state index < -0.39 is 23.6 Å². The van der Waals surface area contributed by atoms with Gasteiger partial charge in [0.1, 0.15) is 5.82 Å². The van der Waals surface area contributed by atoms with E-state index in [9.17, 15) is 17.6 Å². The van der Waals surface area contributed by atoms with Crippen molar-refractivity contribution in [2.24, 2.45) is 11.7 Å². The predicted molar refractivity (Wildman–Crippen MR) is 69.1 cm³/mol. The lowest BCUT2D eigenvalue weighted by molar-refractivity contribution is -0.140. The molecule has 1 aliphatic heterocycles. The number of hydrogen-bond acceptors (Lipinski definition) is 2. The first-order chi connectivity index (χ1) is 8.91. The molecule has 0 unspecified atom stereocenters. The van der Waals surface area contributed by atoms with Gasteiger partial charge < -0.3 is 10.5 Å². The number of benzene rings is 1. The van der Waals surface area contributed by atoms with E-state index >= 15 is 0 Å². The van der Waals surface area contributed by atoms with Gasteiger partial charge in [0.05, 0.1) is 5.56 Å². The van der Waals surface area contributed by atoms with Crippen LogP contribution in [0, 0.1) is 11.7 Å². The molecule has 1 aromatic rings. The van der Waals surface area contributed by atoms with Crippen molar-refractivity contribution in [1.82, 2.24) is 0 Å². The number of ether oxygens (including phenoxy) is 1. The quantitative estimate of drug-likeness (QED) is 0.845. The maximum absolute atomic E-state index is 13.9. The molecule has 7 heteroatoms. The van der Waals surface area contributed by atoms with Crippen molar-refractivity contribution in [3.63, 3.8) is 0 Å². The largest absolute Gasteiger partial charge is 0.419 e. The molecule has 1 aromatic carbocycles. The molecule has 1 fully saturated rings. The van der Waals surface area contributed by atoms with Crippen molar-refractivity contribution < 1.29 is 22.3 Å². The fraction of sp³-hybridized carbons (Fsp3) is 0.538. The van der Waals surface area contributed by atoms with Crippen LogP contribution in [-0.4, -0.2) is 13.2 Å². The number of halogens is 5. The summed E-state index contributed by atoms with van der Waals surface area (Å²) in [6, 6.07) is 2.52. The molecule has 2 N–H and O–H groups in total. The Morgan fingerprint density at radius 2 is 1.80 bits per heavy atom. The second-order valence-corrected chi connectivity index (χ2v) is 4.68. The molecular formula is C13H16ClF4NO. The molecule has 0 saturated carbocycles. The summed E-state index contributed by atoms with van der Waals surface area (Å²) in [7, 11) is 0. The van der Waals surface area contributed by atoms with Gasteiger partial charge in [0.2, 0.25) is 0 Å². The van der Waals surface area contributed by atoms with Crippen molar-refractivity contribution >= 4 is 12.4 Å². The van der Waals surface area contributed by atoms with Crippen molar-refractivity contribution in [2.75, 3.05) is 13.2 Å². The summed E-state index contributed by atoms with van der Waals surface area (Å²) in [5.41, 5.74) is 4.60.